The number of benzene rings is 1. The normalized spacial score (nSPS) is 11.5. The maximum atomic E-state index is 5.46. The van der Waals surface area contributed by atoms with Crippen molar-refractivity contribution in [3.8, 4) is 0 Å². The molecule has 0 aliphatic carbocycles. The molecule has 0 aliphatic heterocycles. The summed E-state index contributed by atoms with van der Waals surface area (Å²) in [5.41, 5.74) is 3.18. The van der Waals surface area contributed by atoms with Crippen LogP contribution in [0.4, 0.5) is 0 Å². The Bertz CT molecular complexity index is 488. The Morgan fingerprint density at radius 1 is 1.35 bits per heavy atom. The minimum Gasteiger partial charge on any atom is -0.441 e. The van der Waals surface area contributed by atoms with Crippen LogP contribution in [-0.2, 0) is 6.42 Å². The van der Waals surface area contributed by atoms with E-state index in [9.17, 15) is 0 Å². The number of nitrogens with zero attached hydrogens (tertiary/aromatic N) is 1. The van der Waals surface area contributed by atoms with Crippen LogP contribution in [0.25, 0.3) is 11.1 Å². The lowest BCUT2D eigenvalue weighted by molar-refractivity contribution is 0.561. The summed E-state index contributed by atoms with van der Waals surface area (Å²) in [5, 5.41) is 3.42. The Hall–Kier alpha value is -1.35. The molecule has 2 aromatic rings. The Labute approximate surface area is 102 Å². The van der Waals surface area contributed by atoms with E-state index in [2.05, 4.69) is 36.3 Å². The predicted octanol–water partition coefficient (Wildman–Crippen LogP) is 3.07. The highest BCUT2D eigenvalue weighted by molar-refractivity contribution is 5.73. The predicted molar refractivity (Wildman–Crippen MR) is 70.2 cm³/mol. The van der Waals surface area contributed by atoms with Crippen LogP contribution < -0.4 is 5.32 Å². The van der Waals surface area contributed by atoms with Crippen molar-refractivity contribution in [1.29, 1.82) is 0 Å². The first kappa shape index (κ1) is 12.1. The molecular weight excluding hydrogens is 212 g/mol. The van der Waals surface area contributed by atoms with E-state index in [1.165, 1.54) is 5.56 Å². The standard InChI is InChI=1S/C14H20N2O/c1-10(2)15-8-4-5-12-6-7-14-13(9-12)16-11(3)17-14/h6-7,9-10,15H,4-5,8H2,1-3H3. The van der Waals surface area contributed by atoms with Gasteiger partial charge in [0.25, 0.3) is 0 Å². The summed E-state index contributed by atoms with van der Waals surface area (Å²) >= 11 is 0. The van der Waals surface area contributed by atoms with Crippen LogP contribution >= 0.6 is 0 Å². The van der Waals surface area contributed by atoms with Gasteiger partial charge in [0.05, 0.1) is 0 Å². The maximum Gasteiger partial charge on any atom is 0.192 e. The number of rotatable bonds is 5. The lowest BCUT2D eigenvalue weighted by atomic mass is 10.1. The van der Waals surface area contributed by atoms with E-state index in [0.717, 1.165) is 36.4 Å². The van der Waals surface area contributed by atoms with Gasteiger partial charge in [0.15, 0.2) is 11.5 Å². The summed E-state index contributed by atoms with van der Waals surface area (Å²) in [7, 11) is 0. The highest BCUT2D eigenvalue weighted by atomic mass is 16.3. The minimum absolute atomic E-state index is 0.565. The number of oxazole rings is 1. The van der Waals surface area contributed by atoms with Gasteiger partial charge in [-0.05, 0) is 37.1 Å². The number of hydrogen-bond acceptors (Lipinski definition) is 3. The van der Waals surface area contributed by atoms with Crippen LogP contribution in [0.3, 0.4) is 0 Å². The Balaban J connectivity index is 1.94. The quantitative estimate of drug-likeness (QED) is 0.805. The Kier molecular flexibility index (Phi) is 3.79. The minimum atomic E-state index is 0.565. The van der Waals surface area contributed by atoms with E-state index in [4.69, 9.17) is 4.42 Å². The molecule has 1 heterocycles. The number of nitrogens with one attached hydrogen (secondary N) is 1. The van der Waals surface area contributed by atoms with Gasteiger partial charge < -0.3 is 9.73 Å². The zero-order chi connectivity index (χ0) is 12.3. The summed E-state index contributed by atoms with van der Waals surface area (Å²) in [4.78, 5) is 4.35. The van der Waals surface area contributed by atoms with Crippen LogP contribution in [-0.4, -0.2) is 17.6 Å². The highest BCUT2D eigenvalue weighted by Crippen LogP contribution is 2.17. The lowest BCUT2D eigenvalue weighted by Gasteiger charge is -2.07. The third kappa shape index (κ3) is 3.30. The van der Waals surface area contributed by atoms with Crippen molar-refractivity contribution in [2.75, 3.05) is 6.54 Å². The first-order valence-electron chi connectivity index (χ1n) is 6.24. The van der Waals surface area contributed by atoms with Gasteiger partial charge >= 0.3 is 0 Å². The number of fused-ring (bicyclic) bond motifs is 1. The van der Waals surface area contributed by atoms with Crippen molar-refractivity contribution >= 4 is 11.1 Å². The molecule has 0 atom stereocenters. The van der Waals surface area contributed by atoms with Gasteiger partial charge in [0.1, 0.15) is 5.52 Å². The molecule has 3 heteroatoms. The molecule has 0 amide bonds. The van der Waals surface area contributed by atoms with Crippen molar-refractivity contribution in [3.05, 3.63) is 29.7 Å². The summed E-state index contributed by atoms with van der Waals surface area (Å²) in [6, 6.07) is 6.83. The van der Waals surface area contributed by atoms with Crippen molar-refractivity contribution in [1.82, 2.24) is 10.3 Å². The molecule has 1 N–H and O–H groups in total. The number of hydrogen-bond donors (Lipinski definition) is 1. The summed E-state index contributed by atoms with van der Waals surface area (Å²) in [6.07, 6.45) is 2.24. The van der Waals surface area contributed by atoms with Crippen molar-refractivity contribution in [2.45, 2.75) is 39.7 Å². The number of aromatic nitrogens is 1. The van der Waals surface area contributed by atoms with E-state index in [0.29, 0.717) is 6.04 Å². The molecule has 1 aromatic carbocycles. The monoisotopic (exact) mass is 232 g/mol. The van der Waals surface area contributed by atoms with Gasteiger partial charge in [-0.15, -0.1) is 0 Å². The molecule has 17 heavy (non-hydrogen) atoms. The second kappa shape index (κ2) is 5.32. The fraction of sp³-hybridized carbons (Fsp3) is 0.500. The fourth-order valence-electron chi connectivity index (χ4n) is 1.93. The topological polar surface area (TPSA) is 38.1 Å². The molecule has 0 saturated heterocycles. The molecule has 3 nitrogen and oxygen atoms in total. The van der Waals surface area contributed by atoms with Crippen molar-refractivity contribution in [2.24, 2.45) is 0 Å². The third-order valence-corrected chi connectivity index (χ3v) is 2.75. The molecule has 92 valence electrons. The van der Waals surface area contributed by atoms with E-state index in [1.807, 2.05) is 13.0 Å². The van der Waals surface area contributed by atoms with Gasteiger partial charge in [-0.25, -0.2) is 4.98 Å². The van der Waals surface area contributed by atoms with Gasteiger partial charge in [-0.2, -0.15) is 0 Å². The fourth-order valence-corrected chi connectivity index (χ4v) is 1.93. The SMILES string of the molecule is Cc1nc2cc(CCCNC(C)C)ccc2o1. The summed E-state index contributed by atoms with van der Waals surface area (Å²) in [5.74, 6) is 0.735. The molecule has 0 aliphatic rings. The van der Waals surface area contributed by atoms with Crippen molar-refractivity contribution < 1.29 is 4.42 Å². The smallest absolute Gasteiger partial charge is 0.192 e. The molecule has 2 rings (SSSR count). The average Bonchev–Trinajstić information content (AvgIpc) is 2.63. The zero-order valence-electron chi connectivity index (χ0n) is 10.8. The van der Waals surface area contributed by atoms with Crippen LogP contribution in [0.1, 0.15) is 31.7 Å². The van der Waals surface area contributed by atoms with E-state index in [1.54, 1.807) is 0 Å². The van der Waals surface area contributed by atoms with Gasteiger partial charge in [-0.1, -0.05) is 19.9 Å². The Morgan fingerprint density at radius 3 is 2.94 bits per heavy atom. The van der Waals surface area contributed by atoms with Crippen LogP contribution in [0.5, 0.6) is 0 Å². The molecule has 0 radical (unpaired) electrons. The van der Waals surface area contributed by atoms with Gasteiger partial charge in [0.2, 0.25) is 0 Å². The lowest BCUT2D eigenvalue weighted by Crippen LogP contribution is -2.23. The maximum absolute atomic E-state index is 5.46. The second-order valence-electron chi connectivity index (χ2n) is 4.75. The van der Waals surface area contributed by atoms with E-state index >= 15 is 0 Å². The van der Waals surface area contributed by atoms with E-state index < -0.39 is 0 Å². The van der Waals surface area contributed by atoms with E-state index in [-0.39, 0.29) is 0 Å². The molecule has 0 fully saturated rings. The first-order valence-corrected chi connectivity index (χ1v) is 6.24. The largest absolute Gasteiger partial charge is 0.441 e. The van der Waals surface area contributed by atoms with Crippen LogP contribution in [0.2, 0.25) is 0 Å². The van der Waals surface area contributed by atoms with Crippen molar-refractivity contribution in [3.63, 3.8) is 0 Å². The van der Waals surface area contributed by atoms with Crippen LogP contribution in [0.15, 0.2) is 22.6 Å². The van der Waals surface area contributed by atoms with Crippen LogP contribution in [0, 0.1) is 6.92 Å². The third-order valence-electron chi connectivity index (χ3n) is 2.75. The molecule has 0 spiro atoms. The summed E-state index contributed by atoms with van der Waals surface area (Å²) in [6.45, 7) is 7.29. The number of aryl methyl sites for hydroxylation is 2. The molecule has 0 saturated carbocycles. The zero-order valence-corrected chi connectivity index (χ0v) is 10.8. The molecule has 0 unspecified atom stereocenters. The molecular formula is C14H20N2O. The first-order chi connectivity index (χ1) is 8.15. The average molecular weight is 232 g/mol. The Morgan fingerprint density at radius 2 is 2.18 bits per heavy atom. The molecule has 1 aromatic heterocycles. The summed E-state index contributed by atoms with van der Waals surface area (Å²) < 4.78 is 5.46. The second-order valence-corrected chi connectivity index (χ2v) is 4.75. The van der Waals surface area contributed by atoms with Gasteiger partial charge in [0, 0.05) is 13.0 Å². The highest BCUT2D eigenvalue weighted by Gasteiger charge is 2.03. The van der Waals surface area contributed by atoms with Gasteiger partial charge in [-0.3, -0.25) is 0 Å². The molecule has 0 bridgehead atoms.